The van der Waals surface area contributed by atoms with Crippen molar-refractivity contribution in [2.24, 2.45) is 5.73 Å². The summed E-state index contributed by atoms with van der Waals surface area (Å²) in [5.74, 6) is -0.106. The Morgan fingerprint density at radius 1 is 1.17 bits per heavy atom. The van der Waals surface area contributed by atoms with Crippen molar-refractivity contribution in [1.82, 2.24) is 9.97 Å². The first-order chi connectivity index (χ1) is 8.79. The highest BCUT2D eigenvalue weighted by atomic mass is 16.1. The van der Waals surface area contributed by atoms with E-state index in [1.54, 1.807) is 12.4 Å². The van der Waals surface area contributed by atoms with Crippen molar-refractivity contribution >= 4 is 11.6 Å². The Hall–Kier alpha value is -2.27. The number of amides is 1. The fourth-order valence-electron chi connectivity index (χ4n) is 1.67. The van der Waals surface area contributed by atoms with E-state index in [0.717, 1.165) is 11.1 Å². The molecular formula is C13H14N4O. The number of nitrogens with zero attached hydrogens (tertiary/aromatic N) is 2. The zero-order chi connectivity index (χ0) is 12.8. The molecule has 0 spiro atoms. The number of anilines is 1. The van der Waals surface area contributed by atoms with E-state index >= 15 is 0 Å². The number of rotatable bonds is 4. The number of benzene rings is 1. The number of aromatic nitrogens is 2. The van der Waals surface area contributed by atoms with Crippen LogP contribution in [0.2, 0.25) is 0 Å². The number of carbonyl (C=O) groups excluding carboxylic acids is 1. The minimum Gasteiger partial charge on any atom is -0.326 e. The van der Waals surface area contributed by atoms with Gasteiger partial charge in [0.15, 0.2) is 0 Å². The fourth-order valence-corrected chi connectivity index (χ4v) is 1.67. The summed E-state index contributed by atoms with van der Waals surface area (Å²) in [7, 11) is 0. The van der Waals surface area contributed by atoms with Crippen LogP contribution in [0.1, 0.15) is 11.1 Å². The lowest BCUT2D eigenvalue weighted by atomic mass is 10.0. The molecule has 1 aromatic carbocycles. The molecule has 0 bridgehead atoms. The average molecular weight is 242 g/mol. The summed E-state index contributed by atoms with van der Waals surface area (Å²) in [4.78, 5) is 19.5. The maximum absolute atomic E-state index is 11.8. The summed E-state index contributed by atoms with van der Waals surface area (Å²) in [6.45, 7) is 0.428. The van der Waals surface area contributed by atoms with Crippen molar-refractivity contribution in [3.63, 3.8) is 0 Å². The van der Waals surface area contributed by atoms with E-state index in [0.29, 0.717) is 18.7 Å². The van der Waals surface area contributed by atoms with Gasteiger partial charge in [0, 0.05) is 6.54 Å². The lowest BCUT2D eigenvalue weighted by Crippen LogP contribution is -2.16. The van der Waals surface area contributed by atoms with E-state index in [9.17, 15) is 4.79 Å². The third-order valence-electron chi connectivity index (χ3n) is 2.53. The van der Waals surface area contributed by atoms with Crippen molar-refractivity contribution in [3.8, 4) is 0 Å². The molecule has 3 N–H and O–H groups in total. The van der Waals surface area contributed by atoms with Crippen molar-refractivity contribution in [3.05, 3.63) is 54.1 Å². The number of nitrogens with one attached hydrogen (secondary N) is 1. The van der Waals surface area contributed by atoms with Crippen LogP contribution in [0.3, 0.4) is 0 Å². The second-order valence-corrected chi connectivity index (χ2v) is 3.82. The summed E-state index contributed by atoms with van der Waals surface area (Å²) in [6.07, 6.45) is 4.82. The molecule has 0 aliphatic rings. The van der Waals surface area contributed by atoms with Crippen LogP contribution < -0.4 is 11.1 Å². The topological polar surface area (TPSA) is 80.9 Å². The van der Waals surface area contributed by atoms with Gasteiger partial charge in [0.05, 0.1) is 24.5 Å². The van der Waals surface area contributed by atoms with Gasteiger partial charge in [0.1, 0.15) is 6.33 Å². The lowest BCUT2D eigenvalue weighted by molar-refractivity contribution is -0.115. The Morgan fingerprint density at radius 3 is 2.50 bits per heavy atom. The molecule has 0 radical (unpaired) electrons. The molecule has 5 nitrogen and oxygen atoms in total. The Bertz CT molecular complexity index is 528. The van der Waals surface area contributed by atoms with Crippen LogP contribution in [0.25, 0.3) is 0 Å². The highest BCUT2D eigenvalue weighted by Crippen LogP contribution is 2.10. The summed E-state index contributed by atoms with van der Waals surface area (Å²) in [5.41, 5.74) is 8.14. The van der Waals surface area contributed by atoms with Gasteiger partial charge in [-0.1, -0.05) is 24.3 Å². The molecule has 0 atom stereocenters. The number of hydrogen-bond acceptors (Lipinski definition) is 4. The normalized spacial score (nSPS) is 10.1. The monoisotopic (exact) mass is 242 g/mol. The molecule has 0 saturated heterocycles. The molecule has 1 aromatic heterocycles. The minimum atomic E-state index is -0.106. The van der Waals surface area contributed by atoms with Gasteiger partial charge in [-0.25, -0.2) is 9.97 Å². The van der Waals surface area contributed by atoms with E-state index in [4.69, 9.17) is 5.73 Å². The van der Waals surface area contributed by atoms with E-state index < -0.39 is 0 Å². The van der Waals surface area contributed by atoms with Crippen LogP contribution in [-0.4, -0.2) is 15.9 Å². The van der Waals surface area contributed by atoms with Crippen LogP contribution in [0, 0.1) is 0 Å². The Labute approximate surface area is 105 Å². The van der Waals surface area contributed by atoms with E-state index in [1.807, 2.05) is 24.3 Å². The van der Waals surface area contributed by atoms with Crippen LogP contribution in [0.15, 0.2) is 43.0 Å². The van der Waals surface area contributed by atoms with Crippen LogP contribution in [-0.2, 0) is 17.8 Å². The molecular weight excluding hydrogens is 228 g/mol. The molecule has 0 unspecified atom stereocenters. The molecule has 92 valence electrons. The largest absolute Gasteiger partial charge is 0.326 e. The standard InChI is InChI=1S/C13H14N4O/c14-6-11-4-2-1-3-10(11)5-13(18)17-12-7-15-9-16-8-12/h1-4,7-9H,5-6,14H2,(H,17,18). The van der Waals surface area contributed by atoms with Gasteiger partial charge >= 0.3 is 0 Å². The first-order valence-corrected chi connectivity index (χ1v) is 5.61. The molecule has 5 heteroatoms. The molecule has 2 aromatic rings. The van der Waals surface area contributed by atoms with Gasteiger partial charge in [0.2, 0.25) is 5.91 Å². The summed E-state index contributed by atoms with van der Waals surface area (Å²) in [5, 5.41) is 2.74. The van der Waals surface area contributed by atoms with Gasteiger partial charge in [0.25, 0.3) is 0 Å². The van der Waals surface area contributed by atoms with Crippen molar-refractivity contribution in [1.29, 1.82) is 0 Å². The maximum Gasteiger partial charge on any atom is 0.228 e. The summed E-state index contributed by atoms with van der Waals surface area (Å²) < 4.78 is 0. The quantitative estimate of drug-likeness (QED) is 0.841. The zero-order valence-electron chi connectivity index (χ0n) is 9.84. The molecule has 0 aliphatic carbocycles. The molecule has 0 fully saturated rings. The zero-order valence-corrected chi connectivity index (χ0v) is 9.84. The second-order valence-electron chi connectivity index (χ2n) is 3.82. The first kappa shape index (κ1) is 12.2. The smallest absolute Gasteiger partial charge is 0.228 e. The van der Waals surface area contributed by atoms with Crippen molar-refractivity contribution in [2.45, 2.75) is 13.0 Å². The molecule has 2 rings (SSSR count). The van der Waals surface area contributed by atoms with Gasteiger partial charge in [-0.3, -0.25) is 4.79 Å². The van der Waals surface area contributed by atoms with E-state index in [1.165, 1.54) is 6.33 Å². The molecule has 0 aliphatic heterocycles. The second kappa shape index (κ2) is 5.88. The van der Waals surface area contributed by atoms with E-state index in [-0.39, 0.29) is 5.91 Å². The Kier molecular flexibility index (Phi) is 3.98. The summed E-state index contributed by atoms with van der Waals surface area (Å²) >= 11 is 0. The van der Waals surface area contributed by atoms with Gasteiger partial charge in [-0.15, -0.1) is 0 Å². The van der Waals surface area contributed by atoms with Gasteiger partial charge in [-0.2, -0.15) is 0 Å². The minimum absolute atomic E-state index is 0.106. The van der Waals surface area contributed by atoms with Crippen LogP contribution in [0.5, 0.6) is 0 Å². The predicted octanol–water partition coefficient (Wildman–Crippen LogP) is 1.12. The number of carbonyl (C=O) groups is 1. The van der Waals surface area contributed by atoms with E-state index in [2.05, 4.69) is 15.3 Å². The fraction of sp³-hybridized carbons (Fsp3) is 0.154. The number of hydrogen-bond donors (Lipinski definition) is 2. The average Bonchev–Trinajstić information content (AvgIpc) is 2.40. The lowest BCUT2D eigenvalue weighted by Gasteiger charge is -2.07. The van der Waals surface area contributed by atoms with Crippen molar-refractivity contribution < 1.29 is 4.79 Å². The SMILES string of the molecule is NCc1ccccc1CC(=O)Nc1cncnc1. The highest BCUT2D eigenvalue weighted by Gasteiger charge is 2.07. The number of nitrogens with two attached hydrogens (primary N) is 1. The van der Waals surface area contributed by atoms with Gasteiger partial charge in [-0.05, 0) is 11.1 Å². The third kappa shape index (κ3) is 3.11. The molecule has 0 saturated carbocycles. The first-order valence-electron chi connectivity index (χ1n) is 5.61. The third-order valence-corrected chi connectivity index (χ3v) is 2.53. The molecule has 1 amide bonds. The Balaban J connectivity index is 2.03. The summed E-state index contributed by atoms with van der Waals surface area (Å²) in [6, 6.07) is 7.64. The van der Waals surface area contributed by atoms with Crippen molar-refractivity contribution in [2.75, 3.05) is 5.32 Å². The Morgan fingerprint density at radius 2 is 1.83 bits per heavy atom. The highest BCUT2D eigenvalue weighted by molar-refractivity contribution is 5.92. The molecule has 18 heavy (non-hydrogen) atoms. The van der Waals surface area contributed by atoms with Crippen LogP contribution in [0.4, 0.5) is 5.69 Å². The maximum atomic E-state index is 11.8. The predicted molar refractivity (Wildman–Crippen MR) is 68.7 cm³/mol. The van der Waals surface area contributed by atoms with Crippen LogP contribution >= 0.6 is 0 Å². The van der Waals surface area contributed by atoms with Gasteiger partial charge < -0.3 is 11.1 Å². The molecule has 1 heterocycles.